The van der Waals surface area contributed by atoms with Crippen LogP contribution in [-0.4, -0.2) is 25.9 Å². The molecule has 0 spiro atoms. The first-order valence-electron chi connectivity index (χ1n) is 1.99. The summed E-state index contributed by atoms with van der Waals surface area (Å²) < 4.78 is 32.9. The molecule has 0 aromatic rings. The fourth-order valence-corrected chi connectivity index (χ4v) is 0.643. The number of halogens is 5. The minimum absolute atomic E-state index is 1.63. The van der Waals surface area contributed by atoms with E-state index < -0.39 is 15.7 Å². The molecular weight excluding hydrogens is 285 g/mol. The zero-order valence-corrected chi connectivity index (χ0v) is 7.53. The Morgan fingerprint density at radius 2 is 1.40 bits per heavy atom. The summed E-state index contributed by atoms with van der Waals surface area (Å²) in [5, 5.41) is 16.5. The number of rotatable bonds is 1. The summed E-state index contributed by atoms with van der Waals surface area (Å²) in [5.41, 5.74) is 0. The summed E-state index contributed by atoms with van der Waals surface area (Å²) in [6, 6.07) is 0. The molecule has 0 aliphatic carbocycles. The largest absolute Gasteiger partial charge is 0.445 e. The molecule has 0 unspecified atom stereocenters. The third-order valence-electron chi connectivity index (χ3n) is 0.721. The molecule has 7 heteroatoms. The van der Waals surface area contributed by atoms with Gasteiger partial charge >= 0.3 is 6.18 Å². The Morgan fingerprint density at radius 3 is 1.40 bits per heavy atom. The van der Waals surface area contributed by atoms with Crippen LogP contribution in [0, 0.1) is 0 Å². The van der Waals surface area contributed by atoms with Crippen molar-refractivity contribution >= 4 is 31.9 Å². The molecule has 0 radical (unpaired) electrons. The number of aliphatic hydroxyl groups is 2. The van der Waals surface area contributed by atoms with Crippen LogP contribution in [0.2, 0.25) is 0 Å². The van der Waals surface area contributed by atoms with Crippen LogP contribution in [0.5, 0.6) is 0 Å². The highest BCUT2D eigenvalue weighted by Crippen LogP contribution is 2.36. The maximum atomic E-state index is 11.5. The summed E-state index contributed by atoms with van der Waals surface area (Å²) in [6.07, 6.45) is -5.06. The fourth-order valence-electron chi connectivity index (χ4n) is 0.124. The molecule has 0 atom stereocenters. The number of alkyl halides is 5. The molecule has 0 rings (SSSR count). The normalized spacial score (nSPS) is 14.4. The van der Waals surface area contributed by atoms with Gasteiger partial charge in [-0.1, -0.05) is 31.9 Å². The average Bonchev–Trinajstić information content (AvgIpc) is 1.62. The van der Waals surface area contributed by atoms with Gasteiger partial charge in [-0.25, -0.2) is 0 Å². The van der Waals surface area contributed by atoms with Gasteiger partial charge in [0.1, 0.15) is 3.74 Å². The highest BCUT2D eigenvalue weighted by Gasteiger charge is 2.56. The van der Waals surface area contributed by atoms with Gasteiger partial charge in [0.2, 0.25) is 0 Å². The first-order valence-corrected chi connectivity index (χ1v) is 3.82. The van der Waals surface area contributed by atoms with Crippen LogP contribution in [0.4, 0.5) is 13.2 Å². The first-order chi connectivity index (χ1) is 4.19. The summed E-state index contributed by atoms with van der Waals surface area (Å²) in [7, 11) is 0. The van der Waals surface area contributed by atoms with E-state index in [2.05, 4.69) is 31.9 Å². The van der Waals surface area contributed by atoms with Crippen LogP contribution >= 0.6 is 31.9 Å². The van der Waals surface area contributed by atoms with Crippen molar-refractivity contribution in [3.8, 4) is 0 Å². The molecule has 0 saturated carbocycles. The molecule has 0 aromatic carbocycles. The summed E-state index contributed by atoms with van der Waals surface area (Å²) in [4.78, 5) is 0. The van der Waals surface area contributed by atoms with E-state index in [-0.39, 0.29) is 0 Å². The van der Waals surface area contributed by atoms with Gasteiger partial charge in [0.05, 0.1) is 0 Å². The van der Waals surface area contributed by atoms with E-state index in [4.69, 9.17) is 10.2 Å². The molecule has 0 aliphatic rings. The summed E-state index contributed by atoms with van der Waals surface area (Å²) >= 11 is 4.66. The molecule has 2 nitrogen and oxygen atoms in total. The Labute approximate surface area is 71.3 Å². The van der Waals surface area contributed by atoms with E-state index in [9.17, 15) is 13.2 Å². The minimum atomic E-state index is -5.06. The molecule has 2 N–H and O–H groups in total. The van der Waals surface area contributed by atoms with Crippen LogP contribution < -0.4 is 0 Å². The SMILES string of the molecule is OC(O)(C(Br)Br)C(F)(F)F. The van der Waals surface area contributed by atoms with E-state index in [1.165, 1.54) is 0 Å². The van der Waals surface area contributed by atoms with Crippen molar-refractivity contribution in [3.05, 3.63) is 0 Å². The Kier molecular flexibility index (Phi) is 3.16. The highest BCUT2D eigenvalue weighted by atomic mass is 79.9. The topological polar surface area (TPSA) is 40.5 Å². The lowest BCUT2D eigenvalue weighted by Crippen LogP contribution is -2.49. The smallest absolute Gasteiger partial charge is 0.357 e. The van der Waals surface area contributed by atoms with Gasteiger partial charge in [0, 0.05) is 0 Å². The van der Waals surface area contributed by atoms with Crippen LogP contribution in [0.1, 0.15) is 0 Å². The maximum Gasteiger partial charge on any atom is 0.445 e. The van der Waals surface area contributed by atoms with Gasteiger partial charge in [-0.3, -0.25) is 0 Å². The van der Waals surface area contributed by atoms with E-state index in [1.54, 1.807) is 0 Å². The Bertz CT molecular complexity index is 121. The number of hydrogen-bond acceptors (Lipinski definition) is 2. The lowest BCUT2D eigenvalue weighted by molar-refractivity contribution is -0.339. The molecule has 0 bridgehead atoms. The van der Waals surface area contributed by atoms with Gasteiger partial charge in [0.25, 0.3) is 5.79 Å². The lowest BCUT2D eigenvalue weighted by Gasteiger charge is -2.25. The van der Waals surface area contributed by atoms with Crippen molar-refractivity contribution in [1.29, 1.82) is 0 Å². The van der Waals surface area contributed by atoms with Gasteiger partial charge < -0.3 is 10.2 Å². The van der Waals surface area contributed by atoms with Crippen molar-refractivity contribution in [1.82, 2.24) is 0 Å². The zero-order valence-electron chi connectivity index (χ0n) is 4.36. The minimum Gasteiger partial charge on any atom is -0.357 e. The monoisotopic (exact) mass is 286 g/mol. The summed E-state index contributed by atoms with van der Waals surface area (Å²) in [6.45, 7) is 0. The predicted octanol–water partition coefficient (Wildman–Crippen LogP) is 1.35. The van der Waals surface area contributed by atoms with Crippen molar-refractivity contribution < 1.29 is 23.4 Å². The predicted molar refractivity (Wildman–Crippen MR) is 34.9 cm³/mol. The highest BCUT2D eigenvalue weighted by molar-refractivity contribution is 9.24. The zero-order chi connectivity index (χ0) is 8.58. The third kappa shape index (κ3) is 2.08. The standard InChI is InChI=1S/C3H3Br2F3O2/c4-1(5)2(9,10)3(6,7)8/h1,9-10H. The van der Waals surface area contributed by atoms with Gasteiger partial charge in [-0.2, -0.15) is 13.2 Å². The molecule has 0 aromatic heterocycles. The van der Waals surface area contributed by atoms with E-state index in [0.717, 1.165) is 0 Å². The van der Waals surface area contributed by atoms with Crippen molar-refractivity contribution in [3.63, 3.8) is 0 Å². The average molecular weight is 288 g/mol. The van der Waals surface area contributed by atoms with Gasteiger partial charge in [-0.05, 0) is 0 Å². The Morgan fingerprint density at radius 1 is 1.10 bits per heavy atom. The quantitative estimate of drug-likeness (QED) is 0.565. The summed E-state index contributed by atoms with van der Waals surface area (Å²) in [5.74, 6) is -3.73. The maximum absolute atomic E-state index is 11.5. The van der Waals surface area contributed by atoms with Crippen molar-refractivity contribution in [2.24, 2.45) is 0 Å². The molecule has 62 valence electrons. The molecule has 0 saturated heterocycles. The molecule has 0 fully saturated rings. The molecule has 0 aliphatic heterocycles. The molecule has 0 amide bonds. The fraction of sp³-hybridized carbons (Fsp3) is 1.00. The second kappa shape index (κ2) is 2.96. The molecular formula is C3H3Br2F3O2. The van der Waals surface area contributed by atoms with Crippen molar-refractivity contribution in [2.75, 3.05) is 0 Å². The van der Waals surface area contributed by atoms with E-state index in [1.807, 2.05) is 0 Å². The van der Waals surface area contributed by atoms with Crippen LogP contribution in [0.15, 0.2) is 0 Å². The first kappa shape index (κ1) is 10.7. The van der Waals surface area contributed by atoms with Crippen LogP contribution in [0.25, 0.3) is 0 Å². The van der Waals surface area contributed by atoms with Crippen molar-refractivity contribution in [2.45, 2.75) is 15.7 Å². The van der Waals surface area contributed by atoms with E-state index >= 15 is 0 Å². The Balaban J connectivity index is 4.40. The molecule has 10 heavy (non-hydrogen) atoms. The van der Waals surface area contributed by atoms with Gasteiger partial charge in [-0.15, -0.1) is 0 Å². The number of hydrogen-bond donors (Lipinski definition) is 2. The lowest BCUT2D eigenvalue weighted by atomic mass is 10.3. The molecule has 0 heterocycles. The van der Waals surface area contributed by atoms with Crippen LogP contribution in [-0.2, 0) is 0 Å². The third-order valence-corrected chi connectivity index (χ3v) is 2.00. The second-order valence-corrected chi connectivity index (χ2v) is 4.58. The van der Waals surface area contributed by atoms with Crippen LogP contribution in [0.3, 0.4) is 0 Å². The Hall–Kier alpha value is 0.670. The van der Waals surface area contributed by atoms with Gasteiger partial charge in [0.15, 0.2) is 0 Å². The van der Waals surface area contributed by atoms with E-state index in [0.29, 0.717) is 0 Å². The second-order valence-electron chi connectivity index (χ2n) is 1.52.